The molecule has 1 aromatic rings. The number of rotatable bonds is 13. The first-order valence-corrected chi connectivity index (χ1v) is 9.04. The molecule has 0 radical (unpaired) electrons. The van der Waals surface area contributed by atoms with Gasteiger partial charge in [-0.05, 0) is 37.5 Å². The summed E-state index contributed by atoms with van der Waals surface area (Å²) in [6.07, 6.45) is 1.75. The molecule has 0 heterocycles. The first-order valence-electron chi connectivity index (χ1n) is 9.04. The predicted molar refractivity (Wildman–Crippen MR) is 120 cm³/mol. The van der Waals surface area contributed by atoms with Gasteiger partial charge in [-0.15, -0.1) is 24.0 Å². The third-order valence-electron chi connectivity index (χ3n) is 3.65. The number of nitrogens with one attached hydrogen (secondary N) is 2. The van der Waals surface area contributed by atoms with E-state index in [1.54, 1.807) is 21.3 Å². The van der Waals surface area contributed by atoms with E-state index in [-0.39, 0.29) is 24.0 Å². The first kappa shape index (κ1) is 25.7. The van der Waals surface area contributed by atoms with Crippen LogP contribution in [0.25, 0.3) is 0 Å². The number of guanidine groups is 1. The Kier molecular flexibility index (Phi) is 16.1. The van der Waals surface area contributed by atoms with Crippen LogP contribution in [0.15, 0.2) is 23.2 Å². The molecule has 0 fully saturated rings. The Balaban J connectivity index is 0.00000676. The number of ether oxygens (including phenoxy) is 4. The lowest BCUT2D eigenvalue weighted by molar-refractivity contribution is 0.0702. The van der Waals surface area contributed by atoms with Crippen molar-refractivity contribution in [2.45, 2.75) is 19.8 Å². The van der Waals surface area contributed by atoms with Crippen molar-refractivity contribution in [3.8, 4) is 11.5 Å². The molecule has 1 rings (SSSR count). The van der Waals surface area contributed by atoms with Crippen LogP contribution in [0.2, 0.25) is 0 Å². The van der Waals surface area contributed by atoms with Crippen molar-refractivity contribution in [3.05, 3.63) is 23.8 Å². The fourth-order valence-electron chi connectivity index (χ4n) is 2.30. The molecule has 2 N–H and O–H groups in total. The van der Waals surface area contributed by atoms with Crippen LogP contribution in [-0.2, 0) is 15.9 Å². The summed E-state index contributed by atoms with van der Waals surface area (Å²) in [4.78, 5) is 4.56. The number of aliphatic imine (C=N–C) groups is 1. The molecule has 0 unspecified atom stereocenters. The molecule has 0 atom stereocenters. The minimum Gasteiger partial charge on any atom is -0.493 e. The summed E-state index contributed by atoms with van der Waals surface area (Å²) in [5.74, 6) is 2.32. The molecular weight excluding hydrogens is 461 g/mol. The van der Waals surface area contributed by atoms with Gasteiger partial charge in [-0.2, -0.15) is 0 Å². The molecule has 8 heteroatoms. The molecule has 0 aromatic heterocycles. The number of methoxy groups -OCH3 is 3. The SMILES string of the molecule is CCNC(=NCCCOCCOC)NCCc1ccc(OC)c(OC)c1.I. The number of hydrogen-bond acceptors (Lipinski definition) is 5. The molecule has 0 bridgehead atoms. The molecule has 0 saturated heterocycles. The highest BCUT2D eigenvalue weighted by Crippen LogP contribution is 2.27. The van der Waals surface area contributed by atoms with E-state index in [2.05, 4.69) is 22.5 Å². The van der Waals surface area contributed by atoms with E-state index in [1.165, 1.54) is 5.56 Å². The summed E-state index contributed by atoms with van der Waals surface area (Å²) in [5.41, 5.74) is 1.18. The third kappa shape index (κ3) is 11.2. The van der Waals surface area contributed by atoms with E-state index in [0.717, 1.165) is 49.9 Å². The van der Waals surface area contributed by atoms with Crippen LogP contribution in [0.5, 0.6) is 11.5 Å². The smallest absolute Gasteiger partial charge is 0.191 e. The van der Waals surface area contributed by atoms with Gasteiger partial charge in [0.1, 0.15) is 0 Å². The van der Waals surface area contributed by atoms with Crippen LogP contribution in [0, 0.1) is 0 Å². The summed E-state index contributed by atoms with van der Waals surface area (Å²) in [6, 6.07) is 5.98. The van der Waals surface area contributed by atoms with E-state index in [1.807, 2.05) is 18.2 Å². The molecule has 0 saturated carbocycles. The summed E-state index contributed by atoms with van der Waals surface area (Å²) >= 11 is 0. The maximum atomic E-state index is 5.44. The average Bonchev–Trinajstić information content (AvgIpc) is 2.67. The van der Waals surface area contributed by atoms with Crippen LogP contribution < -0.4 is 20.1 Å². The zero-order chi connectivity index (χ0) is 19.0. The topological polar surface area (TPSA) is 73.3 Å². The van der Waals surface area contributed by atoms with Crippen molar-refractivity contribution in [2.24, 2.45) is 4.99 Å². The van der Waals surface area contributed by atoms with Crippen molar-refractivity contribution in [1.82, 2.24) is 10.6 Å². The van der Waals surface area contributed by atoms with Crippen molar-refractivity contribution >= 4 is 29.9 Å². The minimum absolute atomic E-state index is 0. The highest BCUT2D eigenvalue weighted by Gasteiger charge is 2.05. The lowest BCUT2D eigenvalue weighted by atomic mass is 10.1. The zero-order valence-corrected chi connectivity index (χ0v) is 19.2. The molecule has 27 heavy (non-hydrogen) atoms. The quantitative estimate of drug-likeness (QED) is 0.190. The van der Waals surface area contributed by atoms with Gasteiger partial charge in [0.2, 0.25) is 0 Å². The lowest BCUT2D eigenvalue weighted by Gasteiger charge is -2.12. The fraction of sp³-hybridized carbons (Fsp3) is 0.632. The normalized spacial score (nSPS) is 10.9. The van der Waals surface area contributed by atoms with E-state index >= 15 is 0 Å². The van der Waals surface area contributed by atoms with Crippen LogP contribution in [0.3, 0.4) is 0 Å². The van der Waals surface area contributed by atoms with Crippen molar-refractivity contribution < 1.29 is 18.9 Å². The Morgan fingerprint density at radius 2 is 1.78 bits per heavy atom. The maximum Gasteiger partial charge on any atom is 0.191 e. The Labute approximate surface area is 180 Å². The second kappa shape index (κ2) is 16.9. The monoisotopic (exact) mass is 495 g/mol. The Morgan fingerprint density at radius 3 is 2.44 bits per heavy atom. The standard InChI is InChI=1S/C19H33N3O4.HI/c1-5-20-19(21-10-6-12-26-14-13-23-2)22-11-9-16-7-8-17(24-3)18(15-16)25-4;/h7-8,15H,5-6,9-14H2,1-4H3,(H2,20,21,22);1H. The van der Waals surface area contributed by atoms with Crippen LogP contribution in [-0.4, -0.2) is 66.7 Å². The summed E-state index contributed by atoms with van der Waals surface area (Å²) in [5, 5.41) is 6.61. The zero-order valence-electron chi connectivity index (χ0n) is 16.9. The van der Waals surface area contributed by atoms with Gasteiger partial charge in [0, 0.05) is 33.4 Å². The van der Waals surface area contributed by atoms with Crippen LogP contribution in [0.1, 0.15) is 18.9 Å². The van der Waals surface area contributed by atoms with Gasteiger partial charge in [-0.3, -0.25) is 4.99 Å². The maximum absolute atomic E-state index is 5.44. The average molecular weight is 495 g/mol. The van der Waals surface area contributed by atoms with Crippen LogP contribution >= 0.6 is 24.0 Å². The van der Waals surface area contributed by atoms with E-state index < -0.39 is 0 Å². The number of benzene rings is 1. The molecule has 0 spiro atoms. The molecule has 0 amide bonds. The fourth-order valence-corrected chi connectivity index (χ4v) is 2.30. The molecule has 156 valence electrons. The van der Waals surface area contributed by atoms with E-state index in [0.29, 0.717) is 19.8 Å². The molecule has 0 aliphatic carbocycles. The molecule has 0 aliphatic rings. The third-order valence-corrected chi connectivity index (χ3v) is 3.65. The number of hydrogen-bond donors (Lipinski definition) is 2. The number of halogens is 1. The second-order valence-corrected chi connectivity index (χ2v) is 5.59. The van der Waals surface area contributed by atoms with Crippen molar-refractivity contribution in [1.29, 1.82) is 0 Å². The van der Waals surface area contributed by atoms with Gasteiger partial charge in [0.05, 0.1) is 27.4 Å². The van der Waals surface area contributed by atoms with E-state index in [9.17, 15) is 0 Å². The molecule has 0 aliphatic heterocycles. The summed E-state index contributed by atoms with van der Waals surface area (Å²) < 4.78 is 21.0. The van der Waals surface area contributed by atoms with Gasteiger partial charge < -0.3 is 29.6 Å². The molecular formula is C19H34IN3O4. The predicted octanol–water partition coefficient (Wildman–Crippen LogP) is 2.47. The Morgan fingerprint density at radius 1 is 1.00 bits per heavy atom. The van der Waals surface area contributed by atoms with Gasteiger partial charge in [-0.1, -0.05) is 6.07 Å². The van der Waals surface area contributed by atoms with Gasteiger partial charge >= 0.3 is 0 Å². The molecule has 7 nitrogen and oxygen atoms in total. The number of nitrogens with zero attached hydrogens (tertiary/aromatic N) is 1. The largest absolute Gasteiger partial charge is 0.493 e. The van der Waals surface area contributed by atoms with Crippen molar-refractivity contribution in [2.75, 3.05) is 60.8 Å². The first-order chi connectivity index (χ1) is 12.7. The Bertz CT molecular complexity index is 530. The van der Waals surface area contributed by atoms with Crippen LogP contribution in [0.4, 0.5) is 0 Å². The van der Waals surface area contributed by atoms with Gasteiger partial charge in [-0.25, -0.2) is 0 Å². The van der Waals surface area contributed by atoms with E-state index in [4.69, 9.17) is 18.9 Å². The lowest BCUT2D eigenvalue weighted by Crippen LogP contribution is -2.38. The summed E-state index contributed by atoms with van der Waals surface area (Å²) in [7, 11) is 4.96. The highest BCUT2D eigenvalue weighted by atomic mass is 127. The Hall–Kier alpha value is -1.26. The van der Waals surface area contributed by atoms with Gasteiger partial charge in [0.15, 0.2) is 17.5 Å². The van der Waals surface area contributed by atoms with Crippen molar-refractivity contribution in [3.63, 3.8) is 0 Å². The van der Waals surface area contributed by atoms with Gasteiger partial charge in [0.25, 0.3) is 0 Å². The summed E-state index contributed by atoms with van der Waals surface area (Å²) in [6.45, 7) is 6.33. The minimum atomic E-state index is 0. The molecule has 1 aromatic carbocycles. The highest BCUT2D eigenvalue weighted by molar-refractivity contribution is 14.0. The second-order valence-electron chi connectivity index (χ2n) is 5.59.